The third kappa shape index (κ3) is 6.58. The number of carbonyl (C=O) groups excluding carboxylic acids is 1. The Bertz CT molecular complexity index is 422. The lowest BCUT2D eigenvalue weighted by atomic mass is 10.3. The number of anilines is 1. The summed E-state index contributed by atoms with van der Waals surface area (Å²) in [5.41, 5.74) is 1.41. The lowest BCUT2D eigenvalue weighted by molar-refractivity contribution is 0.0943. The van der Waals surface area contributed by atoms with E-state index in [1.54, 1.807) is 12.3 Å². The van der Waals surface area contributed by atoms with Crippen LogP contribution in [-0.2, 0) is 0 Å². The van der Waals surface area contributed by atoms with Crippen molar-refractivity contribution in [1.82, 2.24) is 15.2 Å². The molecule has 0 unspecified atom stereocenters. The molecule has 0 aliphatic heterocycles. The van der Waals surface area contributed by atoms with Crippen molar-refractivity contribution in [1.29, 1.82) is 0 Å². The third-order valence-electron chi connectivity index (χ3n) is 3.27. The molecule has 0 spiro atoms. The number of hydrogen-bond acceptors (Lipinski definition) is 4. The Morgan fingerprint density at radius 1 is 1.19 bits per heavy atom. The standard InChI is InChI=1S/C16H28N4O/c1-4-8-17-14-7-9-18-15(13-14)16(21)19-10-12-20(6-3)11-5-2/h7,9,13H,4-6,8,10-12H2,1-3H3,(H,17,18)(H,19,21). The smallest absolute Gasteiger partial charge is 0.269 e. The van der Waals surface area contributed by atoms with Crippen LogP contribution in [0.1, 0.15) is 44.1 Å². The second kappa shape index (κ2) is 10.2. The van der Waals surface area contributed by atoms with Crippen molar-refractivity contribution in [3.63, 3.8) is 0 Å². The van der Waals surface area contributed by atoms with Crippen molar-refractivity contribution in [3.05, 3.63) is 24.0 Å². The molecule has 1 aromatic heterocycles. The molecular weight excluding hydrogens is 264 g/mol. The number of pyridine rings is 1. The van der Waals surface area contributed by atoms with E-state index in [0.717, 1.165) is 44.7 Å². The Hall–Kier alpha value is -1.62. The highest BCUT2D eigenvalue weighted by atomic mass is 16.1. The highest BCUT2D eigenvalue weighted by molar-refractivity contribution is 5.93. The fourth-order valence-corrected chi connectivity index (χ4v) is 2.10. The van der Waals surface area contributed by atoms with E-state index in [-0.39, 0.29) is 5.91 Å². The van der Waals surface area contributed by atoms with E-state index >= 15 is 0 Å². The normalized spacial score (nSPS) is 10.7. The quantitative estimate of drug-likeness (QED) is 0.695. The van der Waals surface area contributed by atoms with E-state index in [9.17, 15) is 4.79 Å². The van der Waals surface area contributed by atoms with Crippen molar-refractivity contribution >= 4 is 11.6 Å². The maximum atomic E-state index is 12.1. The molecule has 0 aliphatic carbocycles. The van der Waals surface area contributed by atoms with E-state index in [4.69, 9.17) is 0 Å². The SMILES string of the molecule is CCCNc1ccnc(C(=O)NCCN(CC)CCC)c1. The third-order valence-corrected chi connectivity index (χ3v) is 3.27. The maximum Gasteiger partial charge on any atom is 0.269 e. The van der Waals surface area contributed by atoms with Gasteiger partial charge in [0, 0.05) is 31.5 Å². The van der Waals surface area contributed by atoms with Gasteiger partial charge in [0.1, 0.15) is 5.69 Å². The van der Waals surface area contributed by atoms with Crippen LogP contribution in [0.5, 0.6) is 0 Å². The van der Waals surface area contributed by atoms with E-state index in [1.807, 2.05) is 6.07 Å². The summed E-state index contributed by atoms with van der Waals surface area (Å²) in [5, 5.41) is 6.20. The zero-order valence-corrected chi connectivity index (χ0v) is 13.5. The van der Waals surface area contributed by atoms with Crippen molar-refractivity contribution in [2.24, 2.45) is 0 Å². The predicted octanol–water partition coefficient (Wildman–Crippen LogP) is 2.37. The van der Waals surface area contributed by atoms with Gasteiger partial charge in [-0.1, -0.05) is 20.8 Å². The number of hydrogen-bond donors (Lipinski definition) is 2. The number of likely N-dealkylation sites (N-methyl/N-ethyl adjacent to an activating group) is 1. The van der Waals surface area contributed by atoms with Gasteiger partial charge < -0.3 is 15.5 Å². The molecule has 0 radical (unpaired) electrons. The van der Waals surface area contributed by atoms with Crippen molar-refractivity contribution < 1.29 is 4.79 Å². The van der Waals surface area contributed by atoms with E-state index < -0.39 is 0 Å². The van der Waals surface area contributed by atoms with Crippen LogP contribution in [0, 0.1) is 0 Å². The molecule has 0 saturated heterocycles. The number of carbonyl (C=O) groups is 1. The summed E-state index contributed by atoms with van der Waals surface area (Å²) in [6, 6.07) is 3.68. The van der Waals surface area contributed by atoms with Gasteiger partial charge in [-0.3, -0.25) is 9.78 Å². The molecule has 21 heavy (non-hydrogen) atoms. The number of aromatic nitrogens is 1. The first-order chi connectivity index (χ1) is 10.2. The van der Waals surface area contributed by atoms with Gasteiger partial charge in [0.05, 0.1) is 0 Å². The van der Waals surface area contributed by atoms with Crippen LogP contribution in [0.2, 0.25) is 0 Å². The second-order valence-corrected chi connectivity index (χ2v) is 5.05. The average Bonchev–Trinajstić information content (AvgIpc) is 2.52. The van der Waals surface area contributed by atoms with Crippen LogP contribution in [0.3, 0.4) is 0 Å². The molecule has 0 fully saturated rings. The summed E-state index contributed by atoms with van der Waals surface area (Å²) < 4.78 is 0. The summed E-state index contributed by atoms with van der Waals surface area (Å²) in [6.45, 7) is 10.9. The first kappa shape index (κ1) is 17.4. The zero-order valence-electron chi connectivity index (χ0n) is 13.5. The topological polar surface area (TPSA) is 57.3 Å². The Kier molecular flexibility index (Phi) is 8.43. The lowest BCUT2D eigenvalue weighted by Crippen LogP contribution is -2.35. The summed E-state index contributed by atoms with van der Waals surface area (Å²) in [4.78, 5) is 18.5. The molecular formula is C16H28N4O. The first-order valence-electron chi connectivity index (χ1n) is 7.91. The average molecular weight is 292 g/mol. The minimum absolute atomic E-state index is 0.109. The molecule has 118 valence electrons. The van der Waals surface area contributed by atoms with Crippen molar-refractivity contribution in [2.45, 2.75) is 33.6 Å². The van der Waals surface area contributed by atoms with Crippen LogP contribution >= 0.6 is 0 Å². The minimum atomic E-state index is -0.109. The van der Waals surface area contributed by atoms with Gasteiger partial charge in [0.25, 0.3) is 5.91 Å². The minimum Gasteiger partial charge on any atom is -0.385 e. The van der Waals surface area contributed by atoms with Crippen molar-refractivity contribution in [3.8, 4) is 0 Å². The second-order valence-electron chi connectivity index (χ2n) is 5.05. The number of amides is 1. The highest BCUT2D eigenvalue weighted by Gasteiger charge is 2.08. The molecule has 0 aliphatic rings. The van der Waals surface area contributed by atoms with Gasteiger partial charge in [-0.05, 0) is 38.1 Å². The van der Waals surface area contributed by atoms with Gasteiger partial charge in [-0.15, -0.1) is 0 Å². The summed E-state index contributed by atoms with van der Waals surface area (Å²) in [7, 11) is 0. The summed E-state index contributed by atoms with van der Waals surface area (Å²) in [5.74, 6) is -0.109. The van der Waals surface area contributed by atoms with Crippen LogP contribution in [0.4, 0.5) is 5.69 Å². The Labute approximate surface area is 128 Å². The van der Waals surface area contributed by atoms with Gasteiger partial charge in [0.15, 0.2) is 0 Å². The highest BCUT2D eigenvalue weighted by Crippen LogP contribution is 2.07. The van der Waals surface area contributed by atoms with Gasteiger partial charge in [-0.25, -0.2) is 0 Å². The van der Waals surface area contributed by atoms with Crippen LogP contribution in [0.25, 0.3) is 0 Å². The lowest BCUT2D eigenvalue weighted by Gasteiger charge is -2.19. The Balaban J connectivity index is 2.44. The molecule has 5 nitrogen and oxygen atoms in total. The molecule has 5 heteroatoms. The Morgan fingerprint density at radius 3 is 2.67 bits per heavy atom. The van der Waals surface area contributed by atoms with Crippen LogP contribution in [-0.4, -0.2) is 48.5 Å². The molecule has 0 saturated carbocycles. The summed E-state index contributed by atoms with van der Waals surface area (Å²) in [6.07, 6.45) is 3.85. The number of rotatable bonds is 10. The summed E-state index contributed by atoms with van der Waals surface area (Å²) >= 11 is 0. The molecule has 0 aromatic carbocycles. The van der Waals surface area contributed by atoms with E-state index in [1.165, 1.54) is 0 Å². The largest absolute Gasteiger partial charge is 0.385 e. The van der Waals surface area contributed by atoms with Gasteiger partial charge in [0.2, 0.25) is 0 Å². The molecule has 1 heterocycles. The van der Waals surface area contributed by atoms with E-state index in [0.29, 0.717) is 12.2 Å². The zero-order chi connectivity index (χ0) is 15.5. The van der Waals surface area contributed by atoms with Crippen LogP contribution in [0.15, 0.2) is 18.3 Å². The molecule has 0 bridgehead atoms. The first-order valence-corrected chi connectivity index (χ1v) is 7.91. The Morgan fingerprint density at radius 2 is 2.00 bits per heavy atom. The molecule has 1 rings (SSSR count). The predicted molar refractivity (Wildman–Crippen MR) is 87.8 cm³/mol. The maximum absolute atomic E-state index is 12.1. The fourth-order valence-electron chi connectivity index (χ4n) is 2.10. The van der Waals surface area contributed by atoms with Crippen LogP contribution < -0.4 is 10.6 Å². The molecule has 0 atom stereocenters. The molecule has 1 amide bonds. The van der Waals surface area contributed by atoms with Crippen molar-refractivity contribution in [2.75, 3.05) is 38.0 Å². The molecule has 2 N–H and O–H groups in total. The number of nitrogens with one attached hydrogen (secondary N) is 2. The van der Waals surface area contributed by atoms with Gasteiger partial charge >= 0.3 is 0 Å². The monoisotopic (exact) mass is 292 g/mol. The fraction of sp³-hybridized carbons (Fsp3) is 0.625. The van der Waals surface area contributed by atoms with Gasteiger partial charge in [-0.2, -0.15) is 0 Å². The van der Waals surface area contributed by atoms with E-state index in [2.05, 4.69) is 41.3 Å². The molecule has 1 aromatic rings. The number of nitrogens with zero attached hydrogens (tertiary/aromatic N) is 2.